The van der Waals surface area contributed by atoms with Crippen LogP contribution in [0.3, 0.4) is 0 Å². The highest BCUT2D eigenvalue weighted by atomic mass is 19.1. The molecular formula is C26H21FO7. The van der Waals surface area contributed by atoms with Gasteiger partial charge in [0.15, 0.2) is 6.10 Å². The molecule has 4 atom stereocenters. The Morgan fingerprint density at radius 3 is 1.62 bits per heavy atom. The number of hydrogen-bond donors (Lipinski definition) is 0. The monoisotopic (exact) mass is 464 g/mol. The largest absolute Gasteiger partial charge is 0.459 e. The van der Waals surface area contributed by atoms with E-state index in [1.807, 2.05) is 0 Å². The van der Waals surface area contributed by atoms with E-state index >= 15 is 4.39 Å². The summed E-state index contributed by atoms with van der Waals surface area (Å²) in [6.07, 6.45) is -6.31. The van der Waals surface area contributed by atoms with Crippen LogP contribution in [0.5, 0.6) is 0 Å². The van der Waals surface area contributed by atoms with Crippen molar-refractivity contribution in [1.29, 1.82) is 0 Å². The molecule has 0 amide bonds. The van der Waals surface area contributed by atoms with Crippen LogP contribution in [0.1, 0.15) is 31.1 Å². The molecule has 0 unspecified atom stereocenters. The summed E-state index contributed by atoms with van der Waals surface area (Å²) in [5.74, 6) is -2.24. The van der Waals surface area contributed by atoms with E-state index in [1.54, 1.807) is 66.7 Å². The Morgan fingerprint density at radius 1 is 0.676 bits per heavy atom. The van der Waals surface area contributed by atoms with E-state index < -0.39 is 49.2 Å². The van der Waals surface area contributed by atoms with Gasteiger partial charge in [-0.05, 0) is 36.4 Å². The van der Waals surface area contributed by atoms with Gasteiger partial charge in [-0.1, -0.05) is 54.6 Å². The summed E-state index contributed by atoms with van der Waals surface area (Å²) in [5.41, 5.74) is 0.705. The summed E-state index contributed by atoms with van der Waals surface area (Å²) >= 11 is 0. The molecule has 0 aliphatic carbocycles. The van der Waals surface area contributed by atoms with Crippen molar-refractivity contribution < 1.29 is 37.7 Å². The van der Waals surface area contributed by atoms with Gasteiger partial charge in [0.05, 0.1) is 16.7 Å². The maximum Gasteiger partial charge on any atom is 0.340 e. The molecule has 0 aromatic heterocycles. The Morgan fingerprint density at radius 2 is 1.12 bits per heavy atom. The van der Waals surface area contributed by atoms with Gasteiger partial charge in [0.25, 0.3) is 0 Å². The van der Waals surface area contributed by atoms with Crippen LogP contribution in [0, 0.1) is 0 Å². The van der Waals surface area contributed by atoms with E-state index in [1.165, 1.54) is 24.3 Å². The lowest BCUT2D eigenvalue weighted by atomic mass is 10.1. The average molecular weight is 464 g/mol. The smallest absolute Gasteiger partial charge is 0.340 e. The van der Waals surface area contributed by atoms with Crippen LogP contribution in [-0.4, -0.2) is 49.2 Å². The molecule has 1 saturated heterocycles. The summed E-state index contributed by atoms with van der Waals surface area (Å²) < 4.78 is 36.6. The zero-order valence-electron chi connectivity index (χ0n) is 17.9. The standard InChI is InChI=1S/C26H21FO7/c27-21-22(33-24(29)18-12-6-2-7-13-18)20(16-31-23(28)17-10-4-1-5-11-17)32-26(21)34-25(30)19-14-8-3-9-15-19/h1-15,20-22,26H,16H2/t20-,21-,22-,26-/m0/s1. The average Bonchev–Trinajstić information content (AvgIpc) is 3.17. The van der Waals surface area contributed by atoms with Gasteiger partial charge in [0.1, 0.15) is 12.7 Å². The second-order valence-electron chi connectivity index (χ2n) is 7.46. The quantitative estimate of drug-likeness (QED) is 0.386. The third-order valence-electron chi connectivity index (χ3n) is 5.12. The van der Waals surface area contributed by atoms with Crippen LogP contribution >= 0.6 is 0 Å². The number of alkyl halides is 1. The van der Waals surface area contributed by atoms with E-state index in [9.17, 15) is 14.4 Å². The second-order valence-corrected chi connectivity index (χ2v) is 7.46. The number of hydrogen-bond acceptors (Lipinski definition) is 7. The van der Waals surface area contributed by atoms with Crippen LogP contribution in [0.15, 0.2) is 91.0 Å². The Bertz CT molecular complexity index is 1120. The zero-order chi connectivity index (χ0) is 23.9. The maximum absolute atomic E-state index is 15.3. The molecule has 34 heavy (non-hydrogen) atoms. The molecule has 3 aromatic carbocycles. The van der Waals surface area contributed by atoms with E-state index in [0.717, 1.165) is 0 Å². The number of carbonyl (C=O) groups is 3. The number of rotatable bonds is 7. The Hall–Kier alpha value is -4.04. The lowest BCUT2D eigenvalue weighted by molar-refractivity contribution is -0.129. The molecule has 1 aliphatic heterocycles. The fourth-order valence-electron chi connectivity index (χ4n) is 3.38. The number of benzene rings is 3. The lowest BCUT2D eigenvalue weighted by Crippen LogP contribution is -2.37. The van der Waals surface area contributed by atoms with Gasteiger partial charge >= 0.3 is 17.9 Å². The third kappa shape index (κ3) is 5.47. The second kappa shape index (κ2) is 10.7. The van der Waals surface area contributed by atoms with Crippen molar-refractivity contribution in [3.05, 3.63) is 108 Å². The fourth-order valence-corrected chi connectivity index (χ4v) is 3.38. The van der Waals surface area contributed by atoms with Gasteiger partial charge in [-0.25, -0.2) is 18.8 Å². The van der Waals surface area contributed by atoms with Crippen molar-refractivity contribution in [2.24, 2.45) is 0 Å². The van der Waals surface area contributed by atoms with Gasteiger partial charge < -0.3 is 18.9 Å². The van der Waals surface area contributed by atoms with Crippen LogP contribution in [-0.2, 0) is 18.9 Å². The van der Waals surface area contributed by atoms with Crippen molar-refractivity contribution in [1.82, 2.24) is 0 Å². The van der Waals surface area contributed by atoms with Gasteiger partial charge in [-0.2, -0.15) is 0 Å². The third-order valence-corrected chi connectivity index (χ3v) is 5.12. The molecule has 4 rings (SSSR count). The van der Waals surface area contributed by atoms with Crippen molar-refractivity contribution in [3.8, 4) is 0 Å². The van der Waals surface area contributed by atoms with E-state index in [4.69, 9.17) is 18.9 Å². The van der Waals surface area contributed by atoms with E-state index in [-0.39, 0.29) is 11.1 Å². The van der Waals surface area contributed by atoms with E-state index in [2.05, 4.69) is 0 Å². The minimum absolute atomic E-state index is 0.204. The van der Waals surface area contributed by atoms with E-state index in [0.29, 0.717) is 5.56 Å². The highest BCUT2D eigenvalue weighted by molar-refractivity contribution is 5.90. The fraction of sp³-hybridized carbons (Fsp3) is 0.192. The minimum atomic E-state index is -2.00. The predicted octanol–water partition coefficient (Wildman–Crippen LogP) is 3.99. The minimum Gasteiger partial charge on any atom is -0.459 e. The summed E-state index contributed by atoms with van der Waals surface area (Å²) in [5, 5.41) is 0. The van der Waals surface area contributed by atoms with Crippen molar-refractivity contribution >= 4 is 17.9 Å². The molecule has 7 nitrogen and oxygen atoms in total. The summed E-state index contributed by atoms with van der Waals surface area (Å²) in [4.78, 5) is 37.2. The first-order valence-electron chi connectivity index (χ1n) is 10.6. The Kier molecular flexibility index (Phi) is 7.29. The molecule has 0 saturated carbocycles. The predicted molar refractivity (Wildman–Crippen MR) is 118 cm³/mol. The summed E-state index contributed by atoms with van der Waals surface area (Å²) in [7, 11) is 0. The van der Waals surface area contributed by atoms with Crippen LogP contribution in [0.2, 0.25) is 0 Å². The summed E-state index contributed by atoms with van der Waals surface area (Å²) in [6, 6.07) is 24.2. The van der Waals surface area contributed by atoms with Crippen LogP contribution < -0.4 is 0 Å². The first kappa shape index (κ1) is 23.1. The molecule has 174 valence electrons. The summed E-state index contributed by atoms with van der Waals surface area (Å²) in [6.45, 7) is -0.416. The lowest BCUT2D eigenvalue weighted by Gasteiger charge is -2.19. The first-order valence-corrected chi connectivity index (χ1v) is 10.6. The SMILES string of the molecule is O=C(OC[C@@H]1O[C@@H](OC(=O)c2ccccc2)[C@@H](F)[C@H]1OC(=O)c1ccccc1)c1ccccc1. The van der Waals surface area contributed by atoms with Crippen LogP contribution in [0.4, 0.5) is 4.39 Å². The number of esters is 3. The highest BCUT2D eigenvalue weighted by Crippen LogP contribution is 2.29. The maximum atomic E-state index is 15.3. The van der Waals surface area contributed by atoms with Gasteiger partial charge in [0, 0.05) is 0 Å². The van der Waals surface area contributed by atoms with Crippen molar-refractivity contribution in [2.45, 2.75) is 24.7 Å². The number of halogens is 1. The first-order chi connectivity index (χ1) is 16.5. The Balaban J connectivity index is 1.47. The molecule has 1 aliphatic rings. The van der Waals surface area contributed by atoms with Crippen molar-refractivity contribution in [2.75, 3.05) is 6.61 Å². The number of carbonyl (C=O) groups excluding carboxylic acids is 3. The molecule has 0 radical (unpaired) electrons. The topological polar surface area (TPSA) is 88.1 Å². The molecule has 0 N–H and O–H groups in total. The molecule has 8 heteroatoms. The molecule has 0 spiro atoms. The van der Waals surface area contributed by atoms with Crippen molar-refractivity contribution in [3.63, 3.8) is 0 Å². The van der Waals surface area contributed by atoms with Gasteiger partial charge in [-0.15, -0.1) is 0 Å². The molecular weight excluding hydrogens is 443 g/mol. The van der Waals surface area contributed by atoms with Gasteiger partial charge in [0.2, 0.25) is 12.5 Å². The molecule has 1 heterocycles. The zero-order valence-corrected chi connectivity index (χ0v) is 17.9. The normalized spacial score (nSPS) is 21.4. The van der Waals surface area contributed by atoms with Gasteiger partial charge in [-0.3, -0.25) is 0 Å². The molecule has 0 bridgehead atoms. The van der Waals surface area contributed by atoms with Crippen LogP contribution in [0.25, 0.3) is 0 Å². The molecule has 1 fully saturated rings. The number of ether oxygens (including phenoxy) is 4. The molecule has 3 aromatic rings. The Labute approximate surface area is 195 Å². The highest BCUT2D eigenvalue weighted by Gasteiger charge is 2.50.